The van der Waals surface area contributed by atoms with Gasteiger partial charge in [0.05, 0.1) is 11.5 Å². The van der Waals surface area contributed by atoms with Gasteiger partial charge in [0.2, 0.25) is 0 Å². The van der Waals surface area contributed by atoms with Gasteiger partial charge in [-0.25, -0.2) is 8.42 Å². The summed E-state index contributed by atoms with van der Waals surface area (Å²) in [5.41, 5.74) is -1.06. The summed E-state index contributed by atoms with van der Waals surface area (Å²) in [5.74, 6) is 5.36. The number of rotatable bonds is 0. The highest BCUT2D eigenvalue weighted by atomic mass is 32.2. The molecule has 0 radical (unpaired) electrons. The lowest BCUT2D eigenvalue weighted by atomic mass is 9.98. The molecule has 1 rings (SSSR count). The van der Waals surface area contributed by atoms with Crippen molar-refractivity contribution in [3.8, 4) is 11.8 Å². The molecule has 1 aliphatic heterocycles. The van der Waals surface area contributed by atoms with E-state index in [9.17, 15) is 13.5 Å². The van der Waals surface area contributed by atoms with Crippen LogP contribution in [0.5, 0.6) is 0 Å². The molecule has 1 heterocycles. The summed E-state index contributed by atoms with van der Waals surface area (Å²) in [6.07, 6.45) is 0.492. The Morgan fingerprint density at radius 2 is 1.83 bits per heavy atom. The van der Waals surface area contributed by atoms with Crippen molar-refractivity contribution in [1.82, 2.24) is 0 Å². The fourth-order valence-electron chi connectivity index (χ4n) is 1.23. The van der Waals surface area contributed by atoms with Crippen LogP contribution in [-0.4, -0.2) is 30.6 Å². The van der Waals surface area contributed by atoms with Crippen LogP contribution in [0.1, 0.15) is 19.8 Å². The highest BCUT2D eigenvalue weighted by molar-refractivity contribution is 7.91. The topological polar surface area (TPSA) is 54.4 Å². The molecule has 0 unspecified atom stereocenters. The van der Waals surface area contributed by atoms with E-state index >= 15 is 0 Å². The van der Waals surface area contributed by atoms with E-state index in [1.54, 1.807) is 6.92 Å². The lowest BCUT2D eigenvalue weighted by molar-refractivity contribution is 0.0906. The van der Waals surface area contributed by atoms with Crippen molar-refractivity contribution in [3.63, 3.8) is 0 Å². The number of aliphatic hydroxyl groups is 1. The molecule has 0 aliphatic carbocycles. The third-order valence-electron chi connectivity index (χ3n) is 2.01. The smallest absolute Gasteiger partial charge is 0.150 e. The summed E-state index contributed by atoms with van der Waals surface area (Å²) in [6.45, 7) is 1.64. The molecular weight excluding hydrogens is 176 g/mol. The molecule has 1 saturated heterocycles. The van der Waals surface area contributed by atoms with E-state index in [1.807, 2.05) is 0 Å². The molecule has 12 heavy (non-hydrogen) atoms. The quantitative estimate of drug-likeness (QED) is 0.542. The van der Waals surface area contributed by atoms with Crippen molar-refractivity contribution in [1.29, 1.82) is 0 Å². The Balaban J connectivity index is 2.72. The zero-order valence-electron chi connectivity index (χ0n) is 7.00. The highest BCUT2D eigenvalue weighted by Crippen LogP contribution is 2.22. The first-order valence-electron chi connectivity index (χ1n) is 3.84. The molecule has 1 N–H and O–H groups in total. The molecule has 0 spiro atoms. The van der Waals surface area contributed by atoms with Crippen LogP contribution in [0, 0.1) is 11.8 Å². The van der Waals surface area contributed by atoms with Crippen molar-refractivity contribution in [2.75, 3.05) is 11.5 Å². The van der Waals surface area contributed by atoms with Gasteiger partial charge in [0.1, 0.15) is 5.60 Å². The van der Waals surface area contributed by atoms with Crippen LogP contribution in [0.3, 0.4) is 0 Å². The first kappa shape index (κ1) is 9.56. The van der Waals surface area contributed by atoms with E-state index in [0.29, 0.717) is 0 Å². The fourth-order valence-corrected chi connectivity index (χ4v) is 2.73. The van der Waals surface area contributed by atoms with Crippen LogP contribution in [0.4, 0.5) is 0 Å². The molecule has 68 valence electrons. The molecule has 1 aliphatic rings. The number of hydrogen-bond acceptors (Lipinski definition) is 3. The summed E-state index contributed by atoms with van der Waals surface area (Å²) < 4.78 is 22.0. The second kappa shape index (κ2) is 3.08. The molecule has 0 atom stereocenters. The molecule has 0 aromatic carbocycles. The number of hydrogen-bond donors (Lipinski definition) is 1. The third kappa shape index (κ3) is 2.23. The van der Waals surface area contributed by atoms with Gasteiger partial charge in [-0.15, -0.1) is 5.92 Å². The van der Waals surface area contributed by atoms with Gasteiger partial charge < -0.3 is 5.11 Å². The minimum Gasteiger partial charge on any atom is -0.378 e. The molecule has 0 saturated carbocycles. The van der Waals surface area contributed by atoms with Gasteiger partial charge in [-0.05, 0) is 6.92 Å². The Morgan fingerprint density at radius 1 is 1.33 bits per heavy atom. The average Bonchev–Trinajstić information content (AvgIpc) is 1.98. The number of sulfone groups is 1. The molecule has 0 amide bonds. The van der Waals surface area contributed by atoms with Crippen molar-refractivity contribution in [3.05, 3.63) is 0 Å². The van der Waals surface area contributed by atoms with Crippen molar-refractivity contribution < 1.29 is 13.5 Å². The molecule has 3 nitrogen and oxygen atoms in total. The lowest BCUT2D eigenvalue weighted by Gasteiger charge is -2.26. The first-order chi connectivity index (χ1) is 5.47. The summed E-state index contributed by atoms with van der Waals surface area (Å²) in [5, 5.41) is 9.67. The highest BCUT2D eigenvalue weighted by Gasteiger charge is 2.33. The predicted molar refractivity (Wildman–Crippen MR) is 46.3 cm³/mol. The fraction of sp³-hybridized carbons (Fsp3) is 0.750. The monoisotopic (exact) mass is 188 g/mol. The van der Waals surface area contributed by atoms with Crippen molar-refractivity contribution in [2.45, 2.75) is 25.4 Å². The average molecular weight is 188 g/mol. The Kier molecular flexibility index (Phi) is 2.45. The largest absolute Gasteiger partial charge is 0.378 e. The van der Waals surface area contributed by atoms with Gasteiger partial charge in [-0.1, -0.05) is 5.92 Å². The van der Waals surface area contributed by atoms with Crippen LogP contribution >= 0.6 is 0 Å². The minimum absolute atomic E-state index is 0.0537. The molecular formula is C8H12O3S. The second-order valence-corrected chi connectivity index (χ2v) is 5.36. The Bertz CT molecular complexity index is 304. The van der Waals surface area contributed by atoms with Crippen LogP contribution in [0.15, 0.2) is 0 Å². The van der Waals surface area contributed by atoms with E-state index in [4.69, 9.17) is 0 Å². The van der Waals surface area contributed by atoms with Crippen LogP contribution in [-0.2, 0) is 9.84 Å². The zero-order valence-corrected chi connectivity index (χ0v) is 7.82. The van der Waals surface area contributed by atoms with E-state index in [1.165, 1.54) is 0 Å². The maximum atomic E-state index is 11.0. The zero-order chi connectivity index (χ0) is 9.24. The second-order valence-electron chi connectivity index (χ2n) is 3.06. The predicted octanol–water partition coefficient (Wildman–Crippen LogP) is -0.0506. The Hall–Kier alpha value is -0.530. The van der Waals surface area contributed by atoms with Crippen LogP contribution < -0.4 is 0 Å². The van der Waals surface area contributed by atoms with E-state index in [2.05, 4.69) is 11.8 Å². The van der Waals surface area contributed by atoms with Gasteiger partial charge in [0.15, 0.2) is 9.84 Å². The van der Waals surface area contributed by atoms with E-state index in [-0.39, 0.29) is 24.3 Å². The van der Waals surface area contributed by atoms with E-state index < -0.39 is 15.4 Å². The van der Waals surface area contributed by atoms with E-state index in [0.717, 1.165) is 0 Å². The molecule has 1 fully saturated rings. The normalized spacial score (nSPS) is 25.5. The molecule has 4 heteroatoms. The third-order valence-corrected chi connectivity index (χ3v) is 3.66. The van der Waals surface area contributed by atoms with Crippen molar-refractivity contribution in [2.24, 2.45) is 0 Å². The van der Waals surface area contributed by atoms with Gasteiger partial charge in [-0.2, -0.15) is 0 Å². The molecule has 0 bridgehead atoms. The van der Waals surface area contributed by atoms with Crippen LogP contribution in [0.2, 0.25) is 0 Å². The molecule has 0 aromatic rings. The van der Waals surface area contributed by atoms with Gasteiger partial charge in [0.25, 0.3) is 0 Å². The van der Waals surface area contributed by atoms with Gasteiger partial charge in [-0.3, -0.25) is 0 Å². The molecule has 0 aromatic heterocycles. The summed E-state index contributed by atoms with van der Waals surface area (Å²) in [7, 11) is -2.90. The Labute approximate surface area is 72.7 Å². The first-order valence-corrected chi connectivity index (χ1v) is 5.66. The van der Waals surface area contributed by atoms with Crippen LogP contribution in [0.25, 0.3) is 0 Å². The van der Waals surface area contributed by atoms with Crippen molar-refractivity contribution >= 4 is 9.84 Å². The maximum Gasteiger partial charge on any atom is 0.150 e. The SMILES string of the molecule is CC#CC1(O)CCS(=O)(=O)CC1. The summed E-state index contributed by atoms with van der Waals surface area (Å²) in [6, 6.07) is 0. The maximum absolute atomic E-state index is 11.0. The standard InChI is InChI=1S/C8H12O3S/c1-2-3-8(9)4-6-12(10,11)7-5-8/h9H,4-7H2,1H3. The Morgan fingerprint density at radius 3 is 2.25 bits per heavy atom. The lowest BCUT2D eigenvalue weighted by Crippen LogP contribution is -2.37. The summed E-state index contributed by atoms with van der Waals surface area (Å²) >= 11 is 0. The van der Waals surface area contributed by atoms with Gasteiger partial charge in [0, 0.05) is 12.8 Å². The summed E-state index contributed by atoms with van der Waals surface area (Å²) in [4.78, 5) is 0. The van der Waals surface area contributed by atoms with Gasteiger partial charge >= 0.3 is 0 Å². The minimum atomic E-state index is -2.90.